The smallest absolute Gasteiger partial charge is 0.305 e. The van der Waals surface area contributed by atoms with Crippen molar-refractivity contribution < 1.29 is 23.5 Å². The predicted octanol–water partition coefficient (Wildman–Crippen LogP) is 2.75. The van der Waals surface area contributed by atoms with Crippen LogP contribution in [0.3, 0.4) is 0 Å². The molecule has 1 unspecified atom stereocenters. The highest BCUT2D eigenvalue weighted by Gasteiger charge is 2.33. The molecule has 1 atom stereocenters. The Morgan fingerprint density at radius 2 is 2.11 bits per heavy atom. The van der Waals surface area contributed by atoms with Crippen LogP contribution in [0.4, 0.5) is 0 Å². The minimum atomic E-state index is -0.305. The molecule has 8 nitrogen and oxygen atoms in total. The lowest BCUT2D eigenvalue weighted by Gasteiger charge is -2.21. The van der Waals surface area contributed by atoms with Gasteiger partial charge in [-0.2, -0.15) is 0 Å². The number of likely N-dealkylation sites (tertiary alicyclic amines) is 1. The van der Waals surface area contributed by atoms with Gasteiger partial charge in [0.05, 0.1) is 14.2 Å². The fourth-order valence-corrected chi connectivity index (χ4v) is 3.19. The molecule has 1 saturated heterocycles. The van der Waals surface area contributed by atoms with Gasteiger partial charge in [-0.25, -0.2) is 0 Å². The van der Waals surface area contributed by atoms with Crippen molar-refractivity contribution in [3.05, 3.63) is 30.2 Å². The van der Waals surface area contributed by atoms with Gasteiger partial charge >= 0.3 is 5.97 Å². The average Bonchev–Trinajstić information content (AvgIpc) is 3.37. The monoisotopic (exact) mass is 373 g/mol. The van der Waals surface area contributed by atoms with E-state index >= 15 is 0 Å². The zero-order chi connectivity index (χ0) is 19.2. The summed E-state index contributed by atoms with van der Waals surface area (Å²) in [5, 5.41) is 8.28. The number of carbonyl (C=O) groups is 2. The van der Waals surface area contributed by atoms with Crippen LogP contribution in [-0.2, 0) is 14.3 Å². The van der Waals surface area contributed by atoms with E-state index in [1.54, 1.807) is 12.0 Å². The van der Waals surface area contributed by atoms with Gasteiger partial charge in [0.15, 0.2) is 0 Å². The summed E-state index contributed by atoms with van der Waals surface area (Å²) in [7, 11) is 2.94. The van der Waals surface area contributed by atoms with Gasteiger partial charge in [-0.3, -0.25) is 9.59 Å². The lowest BCUT2D eigenvalue weighted by atomic mass is 10.2. The predicted molar refractivity (Wildman–Crippen MR) is 95.8 cm³/mol. The first-order valence-electron chi connectivity index (χ1n) is 8.96. The maximum absolute atomic E-state index is 12.5. The van der Waals surface area contributed by atoms with E-state index in [9.17, 15) is 9.59 Å². The van der Waals surface area contributed by atoms with E-state index in [4.69, 9.17) is 9.15 Å². The van der Waals surface area contributed by atoms with Crippen LogP contribution >= 0.6 is 0 Å². The molecule has 1 fully saturated rings. The van der Waals surface area contributed by atoms with Crippen LogP contribution in [0.5, 0.6) is 5.75 Å². The number of nitrogens with zero attached hydrogens (tertiary/aromatic N) is 3. The SMILES string of the molecule is COC(=O)CCCC(=O)N1CCCC1c1nnc(-c2cccc(OC)c2)o1. The molecule has 2 aromatic rings. The summed E-state index contributed by atoms with van der Waals surface area (Å²) < 4.78 is 15.7. The summed E-state index contributed by atoms with van der Waals surface area (Å²) in [4.78, 5) is 25.5. The summed E-state index contributed by atoms with van der Waals surface area (Å²) in [6, 6.07) is 7.16. The molecular weight excluding hydrogens is 350 g/mol. The number of hydrogen-bond donors (Lipinski definition) is 0. The zero-order valence-electron chi connectivity index (χ0n) is 15.5. The molecular formula is C19H23N3O5. The Morgan fingerprint density at radius 3 is 2.89 bits per heavy atom. The Bertz CT molecular complexity index is 804. The highest BCUT2D eigenvalue weighted by molar-refractivity contribution is 5.77. The van der Waals surface area contributed by atoms with Crippen molar-refractivity contribution in [2.75, 3.05) is 20.8 Å². The minimum absolute atomic E-state index is 0.0115. The molecule has 0 bridgehead atoms. The van der Waals surface area contributed by atoms with Gasteiger partial charge in [0, 0.05) is 24.9 Å². The minimum Gasteiger partial charge on any atom is -0.497 e. The first kappa shape index (κ1) is 18.9. The van der Waals surface area contributed by atoms with Crippen LogP contribution in [0.15, 0.2) is 28.7 Å². The van der Waals surface area contributed by atoms with Crippen molar-refractivity contribution in [3.8, 4) is 17.2 Å². The van der Waals surface area contributed by atoms with Crippen molar-refractivity contribution >= 4 is 11.9 Å². The topological polar surface area (TPSA) is 94.8 Å². The third kappa shape index (κ3) is 4.45. The van der Waals surface area contributed by atoms with E-state index in [0.29, 0.717) is 36.9 Å². The number of rotatable bonds is 7. The molecule has 0 aliphatic carbocycles. The van der Waals surface area contributed by atoms with E-state index in [2.05, 4.69) is 14.9 Å². The van der Waals surface area contributed by atoms with Crippen LogP contribution in [0, 0.1) is 0 Å². The number of benzene rings is 1. The molecule has 0 saturated carbocycles. The molecule has 144 valence electrons. The summed E-state index contributed by atoms with van der Waals surface area (Å²) >= 11 is 0. The fourth-order valence-electron chi connectivity index (χ4n) is 3.19. The second-order valence-electron chi connectivity index (χ2n) is 6.35. The highest BCUT2D eigenvalue weighted by Crippen LogP contribution is 2.33. The lowest BCUT2D eigenvalue weighted by Crippen LogP contribution is -2.30. The normalized spacial score (nSPS) is 16.4. The second-order valence-corrected chi connectivity index (χ2v) is 6.35. The zero-order valence-corrected chi connectivity index (χ0v) is 15.5. The molecule has 0 spiro atoms. The summed E-state index contributed by atoms with van der Waals surface area (Å²) in [5.74, 6) is 1.22. The Kier molecular flexibility index (Phi) is 6.05. The molecule has 2 heterocycles. The number of esters is 1. The first-order chi connectivity index (χ1) is 13.1. The number of hydrogen-bond acceptors (Lipinski definition) is 7. The lowest BCUT2D eigenvalue weighted by molar-refractivity contribution is -0.141. The molecule has 27 heavy (non-hydrogen) atoms. The van der Waals surface area contributed by atoms with Crippen LogP contribution in [0.25, 0.3) is 11.5 Å². The standard InChI is InChI=1S/C19H23N3O5/c1-25-14-7-3-6-13(12-14)18-20-21-19(27-18)15-8-5-11-22(15)16(23)9-4-10-17(24)26-2/h3,6-7,12,15H,4-5,8-11H2,1-2H3. The Hall–Kier alpha value is -2.90. The quantitative estimate of drug-likeness (QED) is 0.689. The fraction of sp³-hybridized carbons (Fsp3) is 0.474. The maximum atomic E-state index is 12.5. The van der Waals surface area contributed by atoms with Crippen molar-refractivity contribution in [2.24, 2.45) is 0 Å². The Balaban J connectivity index is 1.67. The van der Waals surface area contributed by atoms with E-state index in [1.807, 2.05) is 24.3 Å². The van der Waals surface area contributed by atoms with Gasteiger partial charge in [0.25, 0.3) is 0 Å². The number of carbonyl (C=O) groups excluding carboxylic acids is 2. The Labute approximate surface area is 157 Å². The van der Waals surface area contributed by atoms with Crippen molar-refractivity contribution in [1.82, 2.24) is 15.1 Å². The molecule has 1 aliphatic rings. The summed E-state index contributed by atoms with van der Waals surface area (Å²) in [6.45, 7) is 0.651. The molecule has 1 amide bonds. The van der Waals surface area contributed by atoms with E-state index < -0.39 is 0 Å². The largest absolute Gasteiger partial charge is 0.497 e. The van der Waals surface area contributed by atoms with Gasteiger partial charge in [-0.05, 0) is 37.5 Å². The first-order valence-corrected chi connectivity index (χ1v) is 8.96. The van der Waals surface area contributed by atoms with Crippen molar-refractivity contribution in [1.29, 1.82) is 0 Å². The van der Waals surface area contributed by atoms with Crippen LogP contribution in [0.1, 0.15) is 44.0 Å². The molecule has 1 aromatic carbocycles. The number of ether oxygens (including phenoxy) is 2. The van der Waals surface area contributed by atoms with Gasteiger partial charge in [0.1, 0.15) is 11.8 Å². The van der Waals surface area contributed by atoms with E-state index in [0.717, 1.165) is 18.4 Å². The number of amides is 1. The van der Waals surface area contributed by atoms with Crippen LogP contribution < -0.4 is 4.74 Å². The summed E-state index contributed by atoms with van der Waals surface area (Å²) in [5.41, 5.74) is 0.766. The van der Waals surface area contributed by atoms with Gasteiger partial charge in [-0.15, -0.1) is 10.2 Å². The molecule has 1 aliphatic heterocycles. The van der Waals surface area contributed by atoms with E-state index in [-0.39, 0.29) is 24.3 Å². The van der Waals surface area contributed by atoms with Crippen molar-refractivity contribution in [3.63, 3.8) is 0 Å². The molecule has 8 heteroatoms. The van der Waals surface area contributed by atoms with Gasteiger partial charge in [-0.1, -0.05) is 6.07 Å². The molecule has 1 aromatic heterocycles. The van der Waals surface area contributed by atoms with Crippen molar-refractivity contribution in [2.45, 2.75) is 38.1 Å². The van der Waals surface area contributed by atoms with E-state index in [1.165, 1.54) is 7.11 Å². The Morgan fingerprint density at radius 1 is 1.26 bits per heavy atom. The highest BCUT2D eigenvalue weighted by atomic mass is 16.5. The van der Waals surface area contributed by atoms with Crippen LogP contribution in [-0.4, -0.2) is 47.7 Å². The van der Waals surface area contributed by atoms with Crippen LogP contribution in [0.2, 0.25) is 0 Å². The summed E-state index contributed by atoms with van der Waals surface area (Å²) in [6.07, 6.45) is 2.66. The number of methoxy groups -OCH3 is 2. The maximum Gasteiger partial charge on any atom is 0.305 e. The van der Waals surface area contributed by atoms with Gasteiger partial charge in [0.2, 0.25) is 17.7 Å². The molecule has 0 radical (unpaired) electrons. The molecule has 3 rings (SSSR count). The average molecular weight is 373 g/mol. The molecule has 0 N–H and O–H groups in total. The third-order valence-corrected chi connectivity index (χ3v) is 4.61. The number of aromatic nitrogens is 2. The third-order valence-electron chi connectivity index (χ3n) is 4.61. The second kappa shape index (κ2) is 8.66. The van der Waals surface area contributed by atoms with Gasteiger partial charge < -0.3 is 18.8 Å².